The Morgan fingerprint density at radius 3 is 2.31 bits per heavy atom. The van der Waals surface area contributed by atoms with Gasteiger partial charge in [-0.15, -0.1) is 0 Å². The highest BCUT2D eigenvalue weighted by Crippen LogP contribution is 2.31. The largest absolute Gasteiger partial charge is 0.497 e. The summed E-state index contributed by atoms with van der Waals surface area (Å²) < 4.78 is 12.1. The van der Waals surface area contributed by atoms with E-state index in [0.717, 1.165) is 32.8 Å². The van der Waals surface area contributed by atoms with Crippen LogP contribution in [0.3, 0.4) is 0 Å². The van der Waals surface area contributed by atoms with E-state index in [-0.39, 0.29) is 5.91 Å². The molecule has 0 aliphatic heterocycles. The average Bonchev–Trinajstić information content (AvgIpc) is 3.33. The van der Waals surface area contributed by atoms with Crippen LogP contribution >= 0.6 is 11.3 Å². The molecule has 4 aromatic carbocycles. The van der Waals surface area contributed by atoms with E-state index in [0.29, 0.717) is 16.4 Å². The second-order valence-corrected chi connectivity index (χ2v) is 9.05. The van der Waals surface area contributed by atoms with E-state index >= 15 is 0 Å². The first-order valence-corrected chi connectivity index (χ1v) is 12.1. The number of carbonyl (C=O) groups is 1. The number of hydrazone groups is 1. The number of hydrogen-bond donors (Lipinski definition) is 0. The molecule has 0 saturated carbocycles. The number of amides is 1. The summed E-state index contributed by atoms with van der Waals surface area (Å²) in [5.41, 5.74) is 3.26. The normalized spacial score (nSPS) is 11.1. The lowest BCUT2D eigenvalue weighted by Gasteiger charge is -2.14. The lowest BCUT2D eigenvalue weighted by molar-refractivity contribution is 0.0988. The molecule has 0 atom stereocenters. The zero-order valence-electron chi connectivity index (χ0n) is 19.8. The number of methoxy groups -OCH3 is 1. The van der Waals surface area contributed by atoms with Crippen LogP contribution < -0.4 is 14.5 Å². The topological polar surface area (TPSA) is 64.0 Å². The van der Waals surface area contributed by atoms with Crippen LogP contribution in [0.25, 0.3) is 10.2 Å². The Morgan fingerprint density at radius 2 is 1.58 bits per heavy atom. The number of hydrogen-bond acceptors (Lipinski definition) is 6. The third kappa shape index (κ3) is 5.26. The van der Waals surface area contributed by atoms with Crippen LogP contribution in [0.4, 0.5) is 5.13 Å². The fourth-order valence-electron chi connectivity index (χ4n) is 3.53. The Labute approximate surface area is 213 Å². The number of benzene rings is 4. The highest BCUT2D eigenvalue weighted by molar-refractivity contribution is 7.22. The van der Waals surface area contributed by atoms with E-state index in [1.165, 1.54) is 16.3 Å². The minimum Gasteiger partial charge on any atom is -0.497 e. The molecule has 0 spiro atoms. The number of anilines is 1. The second-order valence-electron chi connectivity index (χ2n) is 8.04. The van der Waals surface area contributed by atoms with Crippen molar-refractivity contribution in [3.63, 3.8) is 0 Å². The molecule has 6 nitrogen and oxygen atoms in total. The fourth-order valence-corrected chi connectivity index (χ4v) is 4.55. The average molecular weight is 494 g/mol. The number of fused-ring (bicyclic) bond motifs is 1. The van der Waals surface area contributed by atoms with Crippen LogP contribution in [0.15, 0.2) is 102 Å². The molecular weight excluding hydrogens is 470 g/mol. The first-order valence-electron chi connectivity index (χ1n) is 11.3. The van der Waals surface area contributed by atoms with Gasteiger partial charge < -0.3 is 9.47 Å². The van der Waals surface area contributed by atoms with Crippen LogP contribution in [0.1, 0.15) is 21.5 Å². The summed E-state index contributed by atoms with van der Waals surface area (Å²) in [6.07, 6.45) is 1.64. The maximum atomic E-state index is 13.6. The summed E-state index contributed by atoms with van der Waals surface area (Å²) in [6.45, 7) is 2.03. The van der Waals surface area contributed by atoms with Crippen LogP contribution in [0, 0.1) is 6.92 Å². The van der Waals surface area contributed by atoms with Gasteiger partial charge in [0.05, 0.1) is 23.5 Å². The molecule has 0 saturated heterocycles. The number of rotatable bonds is 7. The van der Waals surface area contributed by atoms with E-state index in [1.807, 2.05) is 73.7 Å². The van der Waals surface area contributed by atoms with Gasteiger partial charge in [-0.05, 0) is 90.8 Å². The number of thiazole rings is 1. The second kappa shape index (κ2) is 10.4. The first kappa shape index (κ1) is 23.3. The standard InChI is InChI=1S/C29H23N3O3S/c1-20-8-17-26-27(18-20)36-29(31-26)32(30-19-21-9-13-23(34-2)14-10-21)28(33)22-11-15-25(16-12-22)35-24-6-4-3-5-7-24/h3-19H,1-2H3/b30-19+. The molecule has 5 aromatic rings. The van der Waals surface area contributed by atoms with Crippen molar-refractivity contribution in [1.82, 2.24) is 4.98 Å². The molecule has 36 heavy (non-hydrogen) atoms. The molecular formula is C29H23N3O3S. The molecule has 1 heterocycles. The summed E-state index contributed by atoms with van der Waals surface area (Å²) in [7, 11) is 1.62. The molecule has 178 valence electrons. The van der Waals surface area contributed by atoms with Crippen LogP contribution in [0.2, 0.25) is 0 Å². The number of nitrogens with zero attached hydrogens (tertiary/aromatic N) is 3. The van der Waals surface area contributed by atoms with Gasteiger partial charge in [0.25, 0.3) is 5.91 Å². The molecule has 0 bridgehead atoms. The van der Waals surface area contributed by atoms with Gasteiger partial charge in [0.2, 0.25) is 5.13 Å². The Hall–Kier alpha value is -4.49. The maximum absolute atomic E-state index is 13.6. The van der Waals surface area contributed by atoms with Gasteiger partial charge in [0.15, 0.2) is 0 Å². The van der Waals surface area contributed by atoms with Gasteiger partial charge in [0, 0.05) is 5.56 Å². The zero-order valence-corrected chi connectivity index (χ0v) is 20.6. The molecule has 1 amide bonds. The smallest absolute Gasteiger partial charge is 0.280 e. The molecule has 0 unspecified atom stereocenters. The van der Waals surface area contributed by atoms with Gasteiger partial charge in [-0.3, -0.25) is 4.79 Å². The minimum atomic E-state index is -0.290. The molecule has 0 radical (unpaired) electrons. The Morgan fingerprint density at radius 1 is 0.889 bits per heavy atom. The summed E-state index contributed by atoms with van der Waals surface area (Å²) in [5.74, 6) is 1.83. The Bertz CT molecular complexity index is 1510. The molecule has 0 aliphatic carbocycles. The number of ether oxygens (including phenoxy) is 2. The van der Waals surface area contributed by atoms with E-state index in [9.17, 15) is 4.79 Å². The summed E-state index contributed by atoms with van der Waals surface area (Å²) in [6, 6.07) is 30.0. The van der Waals surface area contributed by atoms with Crippen molar-refractivity contribution in [3.8, 4) is 17.2 Å². The predicted octanol–water partition coefficient (Wildman–Crippen LogP) is 7.09. The van der Waals surface area contributed by atoms with Gasteiger partial charge in [-0.25, -0.2) is 4.98 Å². The van der Waals surface area contributed by atoms with Gasteiger partial charge in [-0.1, -0.05) is 35.6 Å². The van der Waals surface area contributed by atoms with Crippen LogP contribution in [-0.4, -0.2) is 24.2 Å². The lowest BCUT2D eigenvalue weighted by Crippen LogP contribution is -2.25. The van der Waals surface area contributed by atoms with Gasteiger partial charge in [0.1, 0.15) is 17.2 Å². The quantitative estimate of drug-likeness (QED) is 0.179. The number of para-hydroxylation sites is 1. The predicted molar refractivity (Wildman–Crippen MR) is 145 cm³/mol. The van der Waals surface area contributed by atoms with Crippen molar-refractivity contribution < 1.29 is 14.3 Å². The third-order valence-electron chi connectivity index (χ3n) is 5.42. The van der Waals surface area contributed by atoms with Crippen molar-refractivity contribution >= 4 is 38.8 Å². The SMILES string of the molecule is COc1ccc(/C=N/N(C(=O)c2ccc(Oc3ccccc3)cc2)c2nc3ccc(C)cc3s2)cc1. The summed E-state index contributed by atoms with van der Waals surface area (Å²) in [4.78, 5) is 18.3. The zero-order chi connectivity index (χ0) is 24.9. The third-order valence-corrected chi connectivity index (χ3v) is 6.42. The highest BCUT2D eigenvalue weighted by atomic mass is 32.1. The highest BCUT2D eigenvalue weighted by Gasteiger charge is 2.21. The number of carbonyl (C=O) groups excluding carboxylic acids is 1. The number of aromatic nitrogens is 1. The van der Waals surface area contributed by atoms with Gasteiger partial charge in [-0.2, -0.15) is 10.1 Å². The van der Waals surface area contributed by atoms with Crippen LogP contribution in [0.5, 0.6) is 17.2 Å². The molecule has 0 fully saturated rings. The monoisotopic (exact) mass is 493 g/mol. The first-order chi connectivity index (χ1) is 17.6. The van der Waals surface area contributed by atoms with E-state index < -0.39 is 0 Å². The van der Waals surface area contributed by atoms with E-state index in [1.54, 1.807) is 37.6 Å². The lowest BCUT2D eigenvalue weighted by atomic mass is 10.2. The van der Waals surface area contributed by atoms with Crippen molar-refractivity contribution in [2.75, 3.05) is 12.1 Å². The van der Waals surface area contributed by atoms with Crippen molar-refractivity contribution in [3.05, 3.63) is 114 Å². The Balaban J connectivity index is 1.45. The number of aryl methyl sites for hydroxylation is 1. The van der Waals surface area contributed by atoms with E-state index in [2.05, 4.69) is 16.2 Å². The van der Waals surface area contributed by atoms with Crippen LogP contribution in [-0.2, 0) is 0 Å². The minimum absolute atomic E-state index is 0.290. The maximum Gasteiger partial charge on any atom is 0.280 e. The molecule has 0 aliphatic rings. The molecule has 0 N–H and O–H groups in total. The summed E-state index contributed by atoms with van der Waals surface area (Å²) >= 11 is 1.42. The molecule has 5 rings (SSSR count). The molecule has 1 aromatic heterocycles. The van der Waals surface area contributed by atoms with Crippen molar-refractivity contribution in [2.24, 2.45) is 5.10 Å². The van der Waals surface area contributed by atoms with Crippen molar-refractivity contribution in [2.45, 2.75) is 6.92 Å². The summed E-state index contributed by atoms with van der Waals surface area (Å²) in [5, 5.41) is 6.38. The Kier molecular flexibility index (Phi) is 6.73. The molecule has 7 heteroatoms. The van der Waals surface area contributed by atoms with Gasteiger partial charge >= 0.3 is 0 Å². The van der Waals surface area contributed by atoms with E-state index in [4.69, 9.17) is 9.47 Å². The fraction of sp³-hybridized carbons (Fsp3) is 0.0690. The van der Waals surface area contributed by atoms with Crippen molar-refractivity contribution in [1.29, 1.82) is 0 Å².